The van der Waals surface area contributed by atoms with E-state index >= 15 is 0 Å². The zero-order chi connectivity index (χ0) is 18.9. The van der Waals surface area contributed by atoms with Crippen LogP contribution in [0.3, 0.4) is 0 Å². The van der Waals surface area contributed by atoms with E-state index in [4.69, 9.17) is 23.2 Å². The maximum Gasteiger partial charge on any atom is 0.280 e. The molecule has 3 rings (SSSR count). The van der Waals surface area contributed by atoms with Crippen molar-refractivity contribution in [1.29, 1.82) is 0 Å². The van der Waals surface area contributed by atoms with Crippen LogP contribution in [-0.4, -0.2) is 68.8 Å². The van der Waals surface area contributed by atoms with Gasteiger partial charge < -0.3 is 9.80 Å². The third-order valence-electron chi connectivity index (χ3n) is 5.30. The standard InChI is InChI=1S/C17H23Cl2N3O3S/c1-13(17(23)21-7-2-3-8-21)20-9-11-22(12-10-20)26(24,25)15-6-4-5-14(18)16(15)19/h4-6,13H,2-3,7-12H2,1H3/p+1/t13-/m1/s1. The molecule has 0 saturated carbocycles. The predicted molar refractivity (Wildman–Crippen MR) is 101 cm³/mol. The van der Waals surface area contributed by atoms with Gasteiger partial charge in [-0.2, -0.15) is 4.31 Å². The molecular formula is C17H24Cl2N3O3S+. The fourth-order valence-corrected chi connectivity index (χ4v) is 5.83. The average molecular weight is 421 g/mol. The topological polar surface area (TPSA) is 62.1 Å². The molecular weight excluding hydrogens is 397 g/mol. The van der Waals surface area contributed by atoms with Crippen LogP contribution in [0.25, 0.3) is 0 Å². The van der Waals surface area contributed by atoms with Crippen LogP contribution in [0.2, 0.25) is 10.0 Å². The Hall–Kier alpha value is -0.860. The fraction of sp³-hybridized carbons (Fsp3) is 0.588. The number of halogens is 2. The zero-order valence-electron chi connectivity index (χ0n) is 14.7. The lowest BCUT2D eigenvalue weighted by atomic mass is 10.2. The van der Waals surface area contributed by atoms with E-state index in [1.54, 1.807) is 12.1 Å². The van der Waals surface area contributed by atoms with Gasteiger partial charge >= 0.3 is 0 Å². The molecule has 2 aliphatic heterocycles. The summed E-state index contributed by atoms with van der Waals surface area (Å²) < 4.78 is 27.2. The third-order valence-corrected chi connectivity index (χ3v) is 8.17. The van der Waals surface area contributed by atoms with E-state index in [1.807, 2.05) is 11.8 Å². The molecule has 0 aliphatic carbocycles. The summed E-state index contributed by atoms with van der Waals surface area (Å²) in [5.74, 6) is 0.173. The van der Waals surface area contributed by atoms with Gasteiger partial charge in [0.2, 0.25) is 10.0 Å². The van der Waals surface area contributed by atoms with Gasteiger partial charge in [0.15, 0.2) is 6.04 Å². The van der Waals surface area contributed by atoms with Crippen LogP contribution in [0.4, 0.5) is 0 Å². The van der Waals surface area contributed by atoms with Crippen LogP contribution in [0, 0.1) is 0 Å². The van der Waals surface area contributed by atoms with E-state index in [-0.39, 0.29) is 26.9 Å². The molecule has 0 bridgehead atoms. The second-order valence-electron chi connectivity index (χ2n) is 6.87. The predicted octanol–water partition coefficient (Wildman–Crippen LogP) is 0.893. The first-order valence-electron chi connectivity index (χ1n) is 8.90. The first-order chi connectivity index (χ1) is 12.3. The number of amides is 1. The minimum atomic E-state index is -3.69. The number of carbonyl (C=O) groups is 1. The Kier molecular flexibility index (Phi) is 6.14. The number of benzene rings is 1. The molecule has 2 saturated heterocycles. The molecule has 144 valence electrons. The number of rotatable bonds is 4. The van der Waals surface area contributed by atoms with Crippen LogP contribution < -0.4 is 4.90 Å². The zero-order valence-corrected chi connectivity index (χ0v) is 17.1. The van der Waals surface area contributed by atoms with E-state index in [2.05, 4.69) is 0 Å². The Balaban J connectivity index is 1.66. The highest BCUT2D eigenvalue weighted by molar-refractivity contribution is 7.89. The molecule has 0 spiro atoms. The minimum absolute atomic E-state index is 0.0382. The Morgan fingerprint density at radius 2 is 1.73 bits per heavy atom. The van der Waals surface area contributed by atoms with Crippen LogP contribution >= 0.6 is 23.2 Å². The summed E-state index contributed by atoms with van der Waals surface area (Å²) in [5.41, 5.74) is 0. The summed E-state index contributed by atoms with van der Waals surface area (Å²) in [5, 5.41) is 0.281. The quantitative estimate of drug-likeness (QED) is 0.786. The maximum absolute atomic E-state index is 12.9. The molecule has 1 aromatic rings. The summed E-state index contributed by atoms with van der Waals surface area (Å²) in [6, 6.07) is 4.48. The van der Waals surface area contributed by atoms with Crippen LogP contribution in [0.5, 0.6) is 0 Å². The van der Waals surface area contributed by atoms with Gasteiger partial charge in [-0.15, -0.1) is 0 Å². The number of sulfonamides is 1. The summed E-state index contributed by atoms with van der Waals surface area (Å²) >= 11 is 12.1. The van der Waals surface area contributed by atoms with Crippen LogP contribution in [-0.2, 0) is 14.8 Å². The Labute approximate surface area is 164 Å². The number of quaternary nitrogens is 1. The monoisotopic (exact) mass is 420 g/mol. The highest BCUT2D eigenvalue weighted by atomic mass is 35.5. The summed E-state index contributed by atoms with van der Waals surface area (Å²) in [4.78, 5) is 15.7. The van der Waals surface area contributed by atoms with Crippen molar-refractivity contribution in [3.05, 3.63) is 28.2 Å². The van der Waals surface area contributed by atoms with Gasteiger partial charge in [0.05, 0.1) is 36.2 Å². The first-order valence-corrected chi connectivity index (χ1v) is 11.1. The van der Waals surface area contributed by atoms with Crippen molar-refractivity contribution in [1.82, 2.24) is 9.21 Å². The smallest absolute Gasteiger partial charge is 0.280 e. The third kappa shape index (κ3) is 3.87. The lowest BCUT2D eigenvalue weighted by Crippen LogP contribution is -3.19. The molecule has 9 heteroatoms. The maximum atomic E-state index is 12.9. The lowest BCUT2D eigenvalue weighted by Gasteiger charge is -2.35. The molecule has 1 amide bonds. The Bertz CT molecular complexity index is 773. The minimum Gasteiger partial charge on any atom is -0.338 e. The number of hydrogen-bond donors (Lipinski definition) is 1. The van der Waals surface area contributed by atoms with Gasteiger partial charge in [-0.1, -0.05) is 29.3 Å². The van der Waals surface area contributed by atoms with Gasteiger partial charge in [-0.3, -0.25) is 4.79 Å². The second kappa shape index (κ2) is 8.02. The molecule has 2 fully saturated rings. The van der Waals surface area contributed by atoms with Crippen LogP contribution in [0.15, 0.2) is 23.1 Å². The normalized spacial score (nSPS) is 21.1. The van der Waals surface area contributed by atoms with E-state index in [0.29, 0.717) is 26.2 Å². The molecule has 0 radical (unpaired) electrons. The molecule has 2 aliphatic rings. The summed E-state index contributed by atoms with van der Waals surface area (Å²) in [6.45, 7) is 5.52. The molecule has 2 heterocycles. The highest BCUT2D eigenvalue weighted by Crippen LogP contribution is 2.30. The van der Waals surface area contributed by atoms with Gasteiger partial charge in [-0.05, 0) is 31.9 Å². The number of hydrogen-bond acceptors (Lipinski definition) is 3. The van der Waals surface area contributed by atoms with E-state index in [9.17, 15) is 13.2 Å². The van der Waals surface area contributed by atoms with E-state index in [0.717, 1.165) is 30.8 Å². The Morgan fingerprint density at radius 1 is 1.12 bits per heavy atom. The van der Waals surface area contributed by atoms with Gasteiger partial charge in [-0.25, -0.2) is 8.42 Å². The van der Waals surface area contributed by atoms with Crippen molar-refractivity contribution in [3.63, 3.8) is 0 Å². The largest absolute Gasteiger partial charge is 0.338 e. The van der Waals surface area contributed by atoms with Gasteiger partial charge in [0.1, 0.15) is 4.90 Å². The Morgan fingerprint density at radius 3 is 2.35 bits per heavy atom. The number of nitrogens with zero attached hydrogens (tertiary/aromatic N) is 2. The number of nitrogens with one attached hydrogen (secondary N) is 1. The van der Waals surface area contributed by atoms with E-state index in [1.165, 1.54) is 10.4 Å². The second-order valence-corrected chi connectivity index (χ2v) is 9.56. The van der Waals surface area contributed by atoms with Crippen molar-refractivity contribution in [2.24, 2.45) is 0 Å². The molecule has 1 aromatic carbocycles. The molecule has 1 atom stereocenters. The van der Waals surface area contributed by atoms with Crippen molar-refractivity contribution in [3.8, 4) is 0 Å². The molecule has 0 aromatic heterocycles. The SMILES string of the molecule is C[C@H](C(=O)N1CCCC1)[NH+]1CCN(S(=O)(=O)c2cccc(Cl)c2Cl)CC1. The summed E-state index contributed by atoms with van der Waals surface area (Å²) in [7, 11) is -3.69. The fourth-order valence-electron chi connectivity index (χ4n) is 3.66. The van der Waals surface area contributed by atoms with Gasteiger partial charge in [0, 0.05) is 13.1 Å². The van der Waals surface area contributed by atoms with Crippen molar-refractivity contribution in [2.75, 3.05) is 39.3 Å². The number of likely N-dealkylation sites (tertiary alicyclic amines) is 1. The average Bonchev–Trinajstić information content (AvgIpc) is 3.17. The summed E-state index contributed by atoms with van der Waals surface area (Å²) in [6.07, 6.45) is 2.14. The lowest BCUT2D eigenvalue weighted by molar-refractivity contribution is -0.918. The van der Waals surface area contributed by atoms with E-state index < -0.39 is 10.0 Å². The molecule has 0 unspecified atom stereocenters. The molecule has 1 N–H and O–H groups in total. The van der Waals surface area contributed by atoms with Crippen molar-refractivity contribution >= 4 is 39.1 Å². The molecule has 26 heavy (non-hydrogen) atoms. The molecule has 6 nitrogen and oxygen atoms in total. The van der Waals surface area contributed by atoms with Crippen molar-refractivity contribution in [2.45, 2.75) is 30.7 Å². The number of piperazine rings is 1. The van der Waals surface area contributed by atoms with Gasteiger partial charge in [0.25, 0.3) is 5.91 Å². The van der Waals surface area contributed by atoms with Crippen molar-refractivity contribution < 1.29 is 18.1 Å². The van der Waals surface area contributed by atoms with Crippen LogP contribution in [0.1, 0.15) is 19.8 Å². The highest BCUT2D eigenvalue weighted by Gasteiger charge is 2.37. The first kappa shape index (κ1) is 19.9. The number of carbonyl (C=O) groups excluding carboxylic acids is 1.